The molecule has 2 rings (SSSR count). The van der Waals surface area contributed by atoms with Crippen molar-refractivity contribution in [3.63, 3.8) is 0 Å². The summed E-state index contributed by atoms with van der Waals surface area (Å²) in [7, 11) is 0. The van der Waals surface area contributed by atoms with Gasteiger partial charge in [0.15, 0.2) is 0 Å². The number of rotatable bonds is 6. The van der Waals surface area contributed by atoms with E-state index in [0.29, 0.717) is 0 Å². The van der Waals surface area contributed by atoms with Crippen LogP contribution in [-0.4, -0.2) is 28.6 Å². The van der Waals surface area contributed by atoms with Crippen LogP contribution in [0.25, 0.3) is 5.69 Å². The molecule has 138 valence electrons. The summed E-state index contributed by atoms with van der Waals surface area (Å²) in [6.07, 6.45) is 1.35. The number of benzene rings is 1. The maximum atomic E-state index is 11.7. The highest BCUT2D eigenvalue weighted by Gasteiger charge is 2.11. The Kier molecular flexibility index (Phi) is 6.74. The van der Waals surface area contributed by atoms with Crippen LogP contribution >= 0.6 is 15.9 Å². The van der Waals surface area contributed by atoms with Crippen molar-refractivity contribution in [2.75, 3.05) is 0 Å². The number of amides is 2. The van der Waals surface area contributed by atoms with Gasteiger partial charge in [-0.2, -0.15) is 5.10 Å². The van der Waals surface area contributed by atoms with Crippen molar-refractivity contribution in [3.05, 3.63) is 51.8 Å². The highest BCUT2D eigenvalue weighted by atomic mass is 79.9. The Balaban J connectivity index is 2.05. The van der Waals surface area contributed by atoms with Gasteiger partial charge in [-0.3, -0.25) is 9.59 Å². The van der Waals surface area contributed by atoms with Gasteiger partial charge in [0, 0.05) is 33.2 Å². The van der Waals surface area contributed by atoms with Gasteiger partial charge in [-0.1, -0.05) is 15.9 Å². The summed E-state index contributed by atoms with van der Waals surface area (Å²) in [6, 6.07) is 10.0. The van der Waals surface area contributed by atoms with Crippen molar-refractivity contribution >= 4 is 34.0 Å². The zero-order chi connectivity index (χ0) is 19.3. The van der Waals surface area contributed by atoms with Gasteiger partial charge in [0.1, 0.15) is 6.42 Å². The molecule has 2 amide bonds. The summed E-state index contributed by atoms with van der Waals surface area (Å²) in [5, 5.41) is 6.64. The van der Waals surface area contributed by atoms with Crippen LogP contribution in [0, 0.1) is 13.8 Å². The molecule has 0 spiro atoms. The number of hydrogen-bond donors (Lipinski definition) is 2. The number of nitrogens with zero attached hydrogens (tertiary/aromatic N) is 2. The van der Waals surface area contributed by atoms with Gasteiger partial charge >= 0.3 is 0 Å². The fraction of sp³-hybridized carbons (Fsp3) is 0.316. The molecule has 0 saturated heterocycles. The number of aryl methyl sites for hydroxylation is 1. The zero-order valence-corrected chi connectivity index (χ0v) is 16.9. The van der Waals surface area contributed by atoms with E-state index < -0.39 is 5.91 Å². The molecular formula is C19H23BrN4O2. The first kappa shape index (κ1) is 19.9. The molecule has 1 heterocycles. The fourth-order valence-corrected chi connectivity index (χ4v) is 2.90. The normalized spacial score (nSPS) is 11.2. The zero-order valence-electron chi connectivity index (χ0n) is 15.3. The maximum absolute atomic E-state index is 11.7. The third-order valence-corrected chi connectivity index (χ3v) is 4.25. The van der Waals surface area contributed by atoms with Crippen LogP contribution in [0.15, 0.2) is 39.9 Å². The second kappa shape index (κ2) is 8.80. The molecule has 0 fully saturated rings. The molecule has 0 aliphatic heterocycles. The van der Waals surface area contributed by atoms with E-state index in [1.807, 2.05) is 58.0 Å². The minimum absolute atomic E-state index is 0.00259. The van der Waals surface area contributed by atoms with Crippen LogP contribution in [0.3, 0.4) is 0 Å². The highest BCUT2D eigenvalue weighted by molar-refractivity contribution is 9.10. The van der Waals surface area contributed by atoms with Crippen LogP contribution in [0.2, 0.25) is 0 Å². The lowest BCUT2D eigenvalue weighted by atomic mass is 10.2. The molecule has 1 aromatic heterocycles. The summed E-state index contributed by atoms with van der Waals surface area (Å²) in [4.78, 5) is 23.3. The number of nitrogens with one attached hydrogen (secondary N) is 2. The van der Waals surface area contributed by atoms with Crippen LogP contribution < -0.4 is 10.7 Å². The first-order valence-corrected chi connectivity index (χ1v) is 9.13. The standard InChI is InChI=1S/C19H23BrN4O2/c1-12(2)22-18(25)10-19(26)23-21-11-15-9-13(3)24(14(15)4)17-7-5-16(20)6-8-17/h5-9,11-12H,10H2,1-4H3,(H,22,25)(H,23,26)/b21-11+. The SMILES string of the molecule is Cc1cc(/C=N/NC(=O)CC(=O)NC(C)C)c(C)n1-c1ccc(Br)cc1. The summed E-state index contributed by atoms with van der Waals surface area (Å²) in [5.41, 5.74) is 6.42. The van der Waals surface area contributed by atoms with Crippen LogP contribution in [0.5, 0.6) is 0 Å². The second-order valence-corrected chi connectivity index (χ2v) is 7.25. The molecule has 2 aromatic rings. The summed E-state index contributed by atoms with van der Waals surface area (Å²) >= 11 is 3.44. The average molecular weight is 419 g/mol. The maximum Gasteiger partial charge on any atom is 0.249 e. The fourth-order valence-electron chi connectivity index (χ4n) is 2.64. The van der Waals surface area contributed by atoms with E-state index in [4.69, 9.17) is 0 Å². The van der Waals surface area contributed by atoms with Crippen molar-refractivity contribution < 1.29 is 9.59 Å². The van der Waals surface area contributed by atoms with Crippen LogP contribution in [0.1, 0.15) is 37.2 Å². The van der Waals surface area contributed by atoms with Gasteiger partial charge in [0.2, 0.25) is 11.8 Å². The Labute approximate surface area is 161 Å². The number of hydrazone groups is 1. The highest BCUT2D eigenvalue weighted by Crippen LogP contribution is 2.21. The van der Waals surface area contributed by atoms with Gasteiger partial charge < -0.3 is 9.88 Å². The Morgan fingerprint density at radius 2 is 1.85 bits per heavy atom. The third-order valence-electron chi connectivity index (χ3n) is 3.72. The molecule has 1 aromatic carbocycles. The van der Waals surface area contributed by atoms with E-state index >= 15 is 0 Å². The molecule has 0 saturated carbocycles. The third kappa shape index (κ3) is 5.29. The molecule has 0 unspecified atom stereocenters. The Morgan fingerprint density at radius 3 is 2.46 bits per heavy atom. The first-order chi connectivity index (χ1) is 12.3. The van der Waals surface area contributed by atoms with E-state index in [1.54, 1.807) is 6.21 Å². The average Bonchev–Trinajstić information content (AvgIpc) is 2.82. The molecule has 26 heavy (non-hydrogen) atoms. The predicted octanol–water partition coefficient (Wildman–Crippen LogP) is 3.22. The Morgan fingerprint density at radius 1 is 1.19 bits per heavy atom. The molecule has 0 aliphatic rings. The minimum Gasteiger partial charge on any atom is -0.353 e. The van der Waals surface area contributed by atoms with Crippen molar-refractivity contribution in [1.82, 2.24) is 15.3 Å². The van der Waals surface area contributed by atoms with Gasteiger partial charge in [-0.15, -0.1) is 0 Å². The lowest BCUT2D eigenvalue weighted by molar-refractivity contribution is -0.129. The minimum atomic E-state index is -0.443. The van der Waals surface area contributed by atoms with E-state index in [0.717, 1.165) is 27.1 Å². The lowest BCUT2D eigenvalue weighted by Gasteiger charge is -2.09. The number of hydrogen-bond acceptors (Lipinski definition) is 3. The number of halogens is 1. The first-order valence-electron chi connectivity index (χ1n) is 8.34. The molecule has 7 heteroatoms. The van der Waals surface area contributed by atoms with Crippen molar-refractivity contribution in [3.8, 4) is 5.69 Å². The van der Waals surface area contributed by atoms with Crippen LogP contribution in [-0.2, 0) is 9.59 Å². The van der Waals surface area contributed by atoms with Gasteiger partial charge in [-0.05, 0) is 58.0 Å². The number of carbonyl (C=O) groups is 2. The largest absolute Gasteiger partial charge is 0.353 e. The summed E-state index contributed by atoms with van der Waals surface area (Å²) in [5.74, 6) is -0.762. The molecular weight excluding hydrogens is 396 g/mol. The summed E-state index contributed by atoms with van der Waals surface area (Å²) in [6.45, 7) is 7.69. The Bertz CT molecular complexity index is 823. The quantitative estimate of drug-likeness (QED) is 0.429. The van der Waals surface area contributed by atoms with E-state index in [9.17, 15) is 9.59 Å². The van der Waals surface area contributed by atoms with Crippen LogP contribution in [0.4, 0.5) is 0 Å². The molecule has 0 atom stereocenters. The number of carbonyl (C=O) groups excluding carboxylic acids is 2. The predicted molar refractivity (Wildman–Crippen MR) is 107 cm³/mol. The Hall–Kier alpha value is -2.41. The van der Waals surface area contributed by atoms with Gasteiger partial charge in [0.05, 0.1) is 6.21 Å². The molecule has 0 radical (unpaired) electrons. The number of aromatic nitrogens is 1. The summed E-state index contributed by atoms with van der Waals surface area (Å²) < 4.78 is 3.14. The van der Waals surface area contributed by atoms with Crippen molar-refractivity contribution in [1.29, 1.82) is 0 Å². The van der Waals surface area contributed by atoms with Gasteiger partial charge in [0.25, 0.3) is 0 Å². The van der Waals surface area contributed by atoms with Gasteiger partial charge in [-0.25, -0.2) is 5.43 Å². The van der Waals surface area contributed by atoms with E-state index in [-0.39, 0.29) is 18.4 Å². The molecule has 2 N–H and O–H groups in total. The topological polar surface area (TPSA) is 75.5 Å². The van der Waals surface area contributed by atoms with E-state index in [1.165, 1.54) is 0 Å². The lowest BCUT2D eigenvalue weighted by Crippen LogP contribution is -2.34. The van der Waals surface area contributed by atoms with Crippen molar-refractivity contribution in [2.45, 2.75) is 40.2 Å². The second-order valence-electron chi connectivity index (χ2n) is 6.33. The monoisotopic (exact) mass is 418 g/mol. The van der Waals surface area contributed by atoms with E-state index in [2.05, 4.69) is 36.3 Å². The molecule has 0 aliphatic carbocycles. The van der Waals surface area contributed by atoms with Crippen molar-refractivity contribution in [2.24, 2.45) is 5.10 Å². The molecule has 6 nitrogen and oxygen atoms in total. The molecule has 0 bridgehead atoms. The smallest absolute Gasteiger partial charge is 0.249 e.